The summed E-state index contributed by atoms with van der Waals surface area (Å²) in [5.74, 6) is 0.729. The van der Waals surface area contributed by atoms with Gasteiger partial charge in [0.15, 0.2) is 11.5 Å². The predicted molar refractivity (Wildman–Crippen MR) is 153 cm³/mol. The van der Waals surface area contributed by atoms with Crippen LogP contribution in [-0.4, -0.2) is 69.8 Å². The fourth-order valence-electron chi connectivity index (χ4n) is 4.53. The van der Waals surface area contributed by atoms with Gasteiger partial charge in [0.2, 0.25) is 21.8 Å². The number of nitrogens with zero attached hydrogens (tertiary/aromatic N) is 2. The number of hydrogen-bond acceptors (Lipinski definition) is 6. The molecule has 214 valence electrons. The van der Waals surface area contributed by atoms with Crippen LogP contribution in [0.15, 0.2) is 48.5 Å². The second-order valence-electron chi connectivity index (χ2n) is 9.83. The summed E-state index contributed by atoms with van der Waals surface area (Å²) in [5.41, 5.74) is 1.53. The van der Waals surface area contributed by atoms with Gasteiger partial charge in [-0.3, -0.25) is 13.9 Å². The van der Waals surface area contributed by atoms with E-state index in [-0.39, 0.29) is 30.8 Å². The molecule has 1 aliphatic heterocycles. The average Bonchev–Trinajstić information content (AvgIpc) is 2.92. The zero-order chi connectivity index (χ0) is 28.4. The van der Waals surface area contributed by atoms with E-state index in [0.29, 0.717) is 56.2 Å². The molecule has 0 unspecified atom stereocenters. The minimum atomic E-state index is -3.61. The molecule has 0 spiro atoms. The Kier molecular flexibility index (Phi) is 11.0. The largest absolute Gasteiger partial charge is 0.486 e. The first-order valence-corrected chi connectivity index (χ1v) is 15.5. The first-order valence-electron chi connectivity index (χ1n) is 13.6. The Morgan fingerprint density at radius 3 is 2.31 bits per heavy atom. The number of anilines is 1. The molecule has 1 heterocycles. The number of carbonyl (C=O) groups excluding carboxylic acids is 2. The van der Waals surface area contributed by atoms with Gasteiger partial charge in [0.05, 0.1) is 11.9 Å². The lowest BCUT2D eigenvalue weighted by molar-refractivity contribution is -0.141. The SMILES string of the molecule is CC[C@H](C)NC(=O)[C@H](CC)N(CCc1ccccc1)C(=O)CCCN(c1ccc2c(c1)OCCO2)S(C)(=O)=O. The molecule has 39 heavy (non-hydrogen) atoms. The van der Waals surface area contributed by atoms with Gasteiger partial charge >= 0.3 is 0 Å². The summed E-state index contributed by atoms with van der Waals surface area (Å²) in [5, 5.41) is 3.01. The zero-order valence-electron chi connectivity index (χ0n) is 23.4. The molecule has 10 heteroatoms. The molecular formula is C29H41N3O6S. The van der Waals surface area contributed by atoms with E-state index in [1.54, 1.807) is 23.1 Å². The molecule has 3 rings (SSSR count). The van der Waals surface area contributed by atoms with Crippen molar-refractivity contribution < 1.29 is 27.5 Å². The maximum absolute atomic E-state index is 13.5. The van der Waals surface area contributed by atoms with Crippen LogP contribution in [0.5, 0.6) is 11.5 Å². The number of sulfonamides is 1. The fraction of sp³-hybridized carbons (Fsp3) is 0.517. The summed E-state index contributed by atoms with van der Waals surface area (Å²) in [6.45, 7) is 7.19. The molecule has 0 aliphatic carbocycles. The Morgan fingerprint density at radius 1 is 0.974 bits per heavy atom. The lowest BCUT2D eigenvalue weighted by Crippen LogP contribution is -2.51. The van der Waals surface area contributed by atoms with Crippen molar-refractivity contribution in [1.29, 1.82) is 0 Å². The third-order valence-electron chi connectivity index (χ3n) is 6.84. The first kappa shape index (κ1) is 30.3. The van der Waals surface area contributed by atoms with Gasteiger partial charge < -0.3 is 19.7 Å². The van der Waals surface area contributed by atoms with E-state index < -0.39 is 16.1 Å². The topological polar surface area (TPSA) is 105 Å². The Bertz CT molecular complexity index is 1200. The highest BCUT2D eigenvalue weighted by Crippen LogP contribution is 2.34. The van der Waals surface area contributed by atoms with Crippen molar-refractivity contribution in [2.24, 2.45) is 0 Å². The van der Waals surface area contributed by atoms with E-state index in [9.17, 15) is 18.0 Å². The van der Waals surface area contributed by atoms with Crippen LogP contribution in [0.25, 0.3) is 0 Å². The number of rotatable bonds is 14. The second kappa shape index (κ2) is 14.2. The van der Waals surface area contributed by atoms with E-state index in [0.717, 1.165) is 18.2 Å². The molecule has 9 nitrogen and oxygen atoms in total. The smallest absolute Gasteiger partial charge is 0.243 e. The Morgan fingerprint density at radius 2 is 1.67 bits per heavy atom. The standard InChI is InChI=1S/C29H41N3O6S/c1-5-22(3)30-29(34)25(6-2)31(18-16-23-11-8-7-9-12-23)28(33)13-10-17-32(39(4,35)36)24-14-15-26-27(21-24)38-20-19-37-26/h7-9,11-12,14-15,21-22,25H,5-6,10,13,16-20H2,1-4H3,(H,30,34)/t22-,25-/m0/s1. The van der Waals surface area contributed by atoms with Gasteiger partial charge in [-0.25, -0.2) is 8.42 Å². The van der Waals surface area contributed by atoms with Crippen LogP contribution in [0, 0.1) is 0 Å². The van der Waals surface area contributed by atoms with Gasteiger partial charge in [0, 0.05) is 31.6 Å². The van der Waals surface area contributed by atoms with Crippen LogP contribution in [0.3, 0.4) is 0 Å². The van der Waals surface area contributed by atoms with Crippen molar-refractivity contribution in [3.63, 3.8) is 0 Å². The number of amides is 2. The van der Waals surface area contributed by atoms with Crippen LogP contribution in [-0.2, 0) is 26.0 Å². The van der Waals surface area contributed by atoms with Crippen molar-refractivity contribution in [2.45, 2.75) is 65.0 Å². The van der Waals surface area contributed by atoms with Crippen LogP contribution >= 0.6 is 0 Å². The summed E-state index contributed by atoms with van der Waals surface area (Å²) in [6.07, 6.45) is 3.44. The quantitative estimate of drug-likeness (QED) is 0.378. The molecule has 2 aromatic carbocycles. The van der Waals surface area contributed by atoms with Crippen LogP contribution in [0.1, 0.15) is 52.0 Å². The molecule has 0 saturated carbocycles. The first-order chi connectivity index (χ1) is 18.6. The maximum atomic E-state index is 13.5. The van der Waals surface area contributed by atoms with Crippen molar-refractivity contribution in [1.82, 2.24) is 10.2 Å². The maximum Gasteiger partial charge on any atom is 0.243 e. The van der Waals surface area contributed by atoms with Crippen molar-refractivity contribution in [2.75, 3.05) is 36.9 Å². The Hall–Kier alpha value is -3.27. The van der Waals surface area contributed by atoms with E-state index >= 15 is 0 Å². The van der Waals surface area contributed by atoms with Crippen molar-refractivity contribution >= 4 is 27.5 Å². The summed E-state index contributed by atoms with van der Waals surface area (Å²) in [4.78, 5) is 28.3. The van der Waals surface area contributed by atoms with Gasteiger partial charge in [0.25, 0.3) is 0 Å². The number of hydrogen-bond donors (Lipinski definition) is 1. The lowest BCUT2D eigenvalue weighted by atomic mass is 10.1. The molecule has 2 atom stereocenters. The minimum Gasteiger partial charge on any atom is -0.486 e. The molecule has 1 N–H and O–H groups in total. The second-order valence-corrected chi connectivity index (χ2v) is 11.7. The summed E-state index contributed by atoms with van der Waals surface area (Å²) < 4.78 is 37.7. The number of nitrogens with one attached hydrogen (secondary N) is 1. The van der Waals surface area contributed by atoms with E-state index in [1.807, 2.05) is 51.1 Å². The fourth-order valence-corrected chi connectivity index (χ4v) is 5.49. The monoisotopic (exact) mass is 559 g/mol. The van der Waals surface area contributed by atoms with Crippen molar-refractivity contribution in [3.05, 3.63) is 54.1 Å². The van der Waals surface area contributed by atoms with Crippen molar-refractivity contribution in [3.8, 4) is 11.5 Å². The zero-order valence-corrected chi connectivity index (χ0v) is 24.2. The third kappa shape index (κ3) is 8.61. The van der Waals surface area contributed by atoms with Gasteiger partial charge in [-0.1, -0.05) is 44.2 Å². The lowest BCUT2D eigenvalue weighted by Gasteiger charge is -2.32. The van der Waals surface area contributed by atoms with Gasteiger partial charge in [0.1, 0.15) is 19.3 Å². The third-order valence-corrected chi connectivity index (χ3v) is 8.03. The minimum absolute atomic E-state index is 0.00643. The molecule has 0 radical (unpaired) electrons. The summed E-state index contributed by atoms with van der Waals surface area (Å²) in [7, 11) is -3.61. The highest BCUT2D eigenvalue weighted by Gasteiger charge is 2.29. The molecule has 2 amide bonds. The van der Waals surface area contributed by atoms with Gasteiger partial charge in [-0.15, -0.1) is 0 Å². The predicted octanol–water partition coefficient (Wildman–Crippen LogP) is 3.77. The van der Waals surface area contributed by atoms with E-state index in [2.05, 4.69) is 5.32 Å². The average molecular weight is 560 g/mol. The molecule has 1 aliphatic rings. The highest BCUT2D eigenvalue weighted by molar-refractivity contribution is 7.92. The number of benzene rings is 2. The number of carbonyl (C=O) groups is 2. The van der Waals surface area contributed by atoms with Crippen LogP contribution in [0.2, 0.25) is 0 Å². The normalized spacial score (nSPS) is 14.3. The Balaban J connectivity index is 1.73. The molecule has 2 aromatic rings. The molecule has 0 saturated heterocycles. The number of ether oxygens (including phenoxy) is 2. The molecule has 0 bridgehead atoms. The Labute approximate surface area is 232 Å². The molecular weight excluding hydrogens is 518 g/mol. The van der Waals surface area contributed by atoms with E-state index in [1.165, 1.54) is 4.31 Å². The van der Waals surface area contributed by atoms with Gasteiger partial charge in [-0.2, -0.15) is 0 Å². The van der Waals surface area contributed by atoms with Gasteiger partial charge in [-0.05, 0) is 50.3 Å². The van der Waals surface area contributed by atoms with Crippen LogP contribution < -0.4 is 19.1 Å². The highest BCUT2D eigenvalue weighted by atomic mass is 32.2. The van der Waals surface area contributed by atoms with E-state index in [4.69, 9.17) is 9.47 Å². The number of fused-ring (bicyclic) bond motifs is 1. The molecule has 0 aromatic heterocycles. The van der Waals surface area contributed by atoms with Crippen LogP contribution in [0.4, 0.5) is 5.69 Å². The summed E-state index contributed by atoms with van der Waals surface area (Å²) in [6, 6.07) is 14.3. The molecule has 0 fully saturated rings. The summed E-state index contributed by atoms with van der Waals surface area (Å²) >= 11 is 0.